The van der Waals surface area contributed by atoms with E-state index in [2.05, 4.69) is 29.6 Å². The summed E-state index contributed by atoms with van der Waals surface area (Å²) in [4.78, 5) is 0. The van der Waals surface area contributed by atoms with Crippen LogP contribution in [0, 0.1) is 6.92 Å². The van der Waals surface area contributed by atoms with Gasteiger partial charge < -0.3 is 0 Å². The standard InChI is InChI=1S/C16H17ClN2/c1-12-8-9-15(10-16(12)17)19-18-11-13(2)14-6-4-3-5-7-14/h3-11,13,19H,1-2H3. The van der Waals surface area contributed by atoms with Crippen LogP contribution in [0.25, 0.3) is 0 Å². The van der Waals surface area contributed by atoms with E-state index >= 15 is 0 Å². The van der Waals surface area contributed by atoms with Gasteiger partial charge in [-0.3, -0.25) is 5.43 Å². The number of benzene rings is 2. The Balaban J connectivity index is 1.98. The Hall–Kier alpha value is -1.80. The van der Waals surface area contributed by atoms with Gasteiger partial charge >= 0.3 is 0 Å². The van der Waals surface area contributed by atoms with Gasteiger partial charge in [0.25, 0.3) is 0 Å². The van der Waals surface area contributed by atoms with E-state index in [0.717, 1.165) is 16.3 Å². The molecule has 2 aromatic carbocycles. The van der Waals surface area contributed by atoms with Crippen LogP contribution in [0.15, 0.2) is 53.6 Å². The molecule has 0 saturated carbocycles. The SMILES string of the molecule is Cc1ccc(NN=CC(C)c2ccccc2)cc1Cl. The van der Waals surface area contributed by atoms with E-state index in [-0.39, 0.29) is 5.92 Å². The summed E-state index contributed by atoms with van der Waals surface area (Å²) in [5.74, 6) is 0.273. The zero-order valence-electron chi connectivity index (χ0n) is 11.1. The van der Waals surface area contributed by atoms with Gasteiger partial charge in [0.05, 0.1) is 5.69 Å². The van der Waals surface area contributed by atoms with Gasteiger partial charge in [0.15, 0.2) is 0 Å². The summed E-state index contributed by atoms with van der Waals surface area (Å²) in [7, 11) is 0. The summed E-state index contributed by atoms with van der Waals surface area (Å²) >= 11 is 6.06. The van der Waals surface area contributed by atoms with E-state index in [1.807, 2.05) is 49.5 Å². The summed E-state index contributed by atoms with van der Waals surface area (Å²) in [6, 6.07) is 16.1. The molecule has 98 valence electrons. The highest BCUT2D eigenvalue weighted by molar-refractivity contribution is 6.31. The number of nitrogens with one attached hydrogen (secondary N) is 1. The zero-order valence-corrected chi connectivity index (χ0v) is 11.9. The molecule has 3 heteroatoms. The minimum absolute atomic E-state index is 0.273. The van der Waals surface area contributed by atoms with E-state index in [0.29, 0.717) is 0 Å². The monoisotopic (exact) mass is 272 g/mol. The summed E-state index contributed by atoms with van der Waals surface area (Å²) < 4.78 is 0. The van der Waals surface area contributed by atoms with Crippen LogP contribution in [0.5, 0.6) is 0 Å². The molecule has 0 aliphatic carbocycles. The van der Waals surface area contributed by atoms with E-state index in [4.69, 9.17) is 11.6 Å². The molecule has 19 heavy (non-hydrogen) atoms. The second-order valence-corrected chi connectivity index (χ2v) is 4.96. The average Bonchev–Trinajstić information content (AvgIpc) is 2.43. The maximum atomic E-state index is 6.06. The van der Waals surface area contributed by atoms with Crippen molar-refractivity contribution in [3.63, 3.8) is 0 Å². The van der Waals surface area contributed by atoms with Crippen LogP contribution < -0.4 is 5.43 Å². The van der Waals surface area contributed by atoms with Gasteiger partial charge in [-0.2, -0.15) is 5.10 Å². The molecule has 0 fully saturated rings. The van der Waals surface area contributed by atoms with Crippen molar-refractivity contribution in [2.75, 3.05) is 5.43 Å². The molecule has 1 N–H and O–H groups in total. The quantitative estimate of drug-likeness (QED) is 0.624. The molecule has 0 amide bonds. The smallest absolute Gasteiger partial charge is 0.0576 e. The maximum Gasteiger partial charge on any atom is 0.0576 e. The van der Waals surface area contributed by atoms with E-state index in [1.165, 1.54) is 5.56 Å². The van der Waals surface area contributed by atoms with Crippen LogP contribution in [0.3, 0.4) is 0 Å². The molecule has 2 aromatic rings. The molecule has 1 unspecified atom stereocenters. The van der Waals surface area contributed by atoms with Crippen molar-refractivity contribution in [3.8, 4) is 0 Å². The number of aryl methyl sites for hydroxylation is 1. The van der Waals surface area contributed by atoms with Crippen molar-refractivity contribution in [1.82, 2.24) is 0 Å². The van der Waals surface area contributed by atoms with Crippen LogP contribution in [0.4, 0.5) is 5.69 Å². The minimum Gasteiger partial charge on any atom is -0.279 e. The fourth-order valence-electron chi connectivity index (χ4n) is 1.73. The van der Waals surface area contributed by atoms with Crippen LogP contribution >= 0.6 is 11.6 Å². The Bertz CT molecular complexity index is 564. The highest BCUT2D eigenvalue weighted by Gasteiger charge is 2.00. The van der Waals surface area contributed by atoms with Crippen LogP contribution in [-0.4, -0.2) is 6.21 Å². The second kappa shape index (κ2) is 6.39. The largest absolute Gasteiger partial charge is 0.279 e. The third-order valence-electron chi connectivity index (χ3n) is 2.99. The van der Waals surface area contributed by atoms with Crippen LogP contribution in [0.1, 0.15) is 24.0 Å². The lowest BCUT2D eigenvalue weighted by Gasteiger charge is -2.06. The number of hydrogen-bond donors (Lipinski definition) is 1. The van der Waals surface area contributed by atoms with Gasteiger partial charge in [-0.1, -0.05) is 54.9 Å². The molecule has 0 radical (unpaired) electrons. The van der Waals surface area contributed by atoms with Crippen LogP contribution in [-0.2, 0) is 0 Å². The molecule has 0 spiro atoms. The molecule has 1 atom stereocenters. The molecule has 0 aliphatic heterocycles. The Morgan fingerprint density at radius 1 is 1.16 bits per heavy atom. The number of anilines is 1. The third kappa shape index (κ3) is 3.83. The number of rotatable bonds is 4. The lowest BCUT2D eigenvalue weighted by atomic mass is 10.0. The number of hydrazone groups is 1. The fourth-order valence-corrected chi connectivity index (χ4v) is 1.91. The second-order valence-electron chi connectivity index (χ2n) is 4.55. The number of nitrogens with zero attached hydrogens (tertiary/aromatic N) is 1. The van der Waals surface area contributed by atoms with Crippen molar-refractivity contribution >= 4 is 23.5 Å². The Kier molecular flexibility index (Phi) is 4.58. The first-order chi connectivity index (χ1) is 9.16. The molecule has 0 aromatic heterocycles. The molecular formula is C16H17ClN2. The van der Waals surface area contributed by atoms with Gasteiger partial charge in [-0.15, -0.1) is 0 Å². The first-order valence-corrected chi connectivity index (χ1v) is 6.65. The van der Waals surface area contributed by atoms with E-state index in [9.17, 15) is 0 Å². The summed E-state index contributed by atoms with van der Waals surface area (Å²) in [5.41, 5.74) is 6.20. The van der Waals surface area contributed by atoms with Crippen molar-refractivity contribution in [2.45, 2.75) is 19.8 Å². The van der Waals surface area contributed by atoms with Gasteiger partial charge in [-0.25, -0.2) is 0 Å². The Morgan fingerprint density at radius 3 is 2.58 bits per heavy atom. The van der Waals surface area contributed by atoms with Crippen molar-refractivity contribution < 1.29 is 0 Å². The van der Waals surface area contributed by atoms with E-state index < -0.39 is 0 Å². The lowest BCUT2D eigenvalue weighted by Crippen LogP contribution is -1.97. The highest BCUT2D eigenvalue weighted by atomic mass is 35.5. The maximum absolute atomic E-state index is 6.06. The molecule has 0 bridgehead atoms. The van der Waals surface area contributed by atoms with Gasteiger partial charge in [0, 0.05) is 17.2 Å². The Morgan fingerprint density at radius 2 is 1.89 bits per heavy atom. The minimum atomic E-state index is 0.273. The van der Waals surface area contributed by atoms with Gasteiger partial charge in [0.1, 0.15) is 0 Å². The predicted octanol–water partition coefficient (Wildman–Crippen LogP) is 4.85. The highest BCUT2D eigenvalue weighted by Crippen LogP contribution is 2.20. The average molecular weight is 273 g/mol. The molecule has 0 heterocycles. The third-order valence-corrected chi connectivity index (χ3v) is 3.40. The summed E-state index contributed by atoms with van der Waals surface area (Å²) in [5, 5.41) is 5.00. The summed E-state index contributed by atoms with van der Waals surface area (Å²) in [6.45, 7) is 4.09. The van der Waals surface area contributed by atoms with Gasteiger partial charge in [-0.05, 0) is 30.2 Å². The van der Waals surface area contributed by atoms with Gasteiger partial charge in [0.2, 0.25) is 0 Å². The van der Waals surface area contributed by atoms with Crippen LogP contribution in [0.2, 0.25) is 5.02 Å². The number of halogens is 1. The molecule has 0 saturated heterocycles. The first kappa shape index (κ1) is 13.6. The lowest BCUT2D eigenvalue weighted by molar-refractivity contribution is 1.04. The van der Waals surface area contributed by atoms with Crippen molar-refractivity contribution in [2.24, 2.45) is 5.10 Å². The first-order valence-electron chi connectivity index (χ1n) is 6.27. The number of hydrogen-bond acceptors (Lipinski definition) is 2. The zero-order chi connectivity index (χ0) is 13.7. The molecule has 2 nitrogen and oxygen atoms in total. The predicted molar refractivity (Wildman–Crippen MR) is 83.2 cm³/mol. The van der Waals surface area contributed by atoms with Crippen molar-refractivity contribution in [3.05, 3.63) is 64.7 Å². The van der Waals surface area contributed by atoms with E-state index in [1.54, 1.807) is 0 Å². The fraction of sp³-hybridized carbons (Fsp3) is 0.188. The Labute approximate surface area is 119 Å². The topological polar surface area (TPSA) is 24.4 Å². The molecular weight excluding hydrogens is 256 g/mol. The summed E-state index contributed by atoms with van der Waals surface area (Å²) in [6.07, 6.45) is 1.89. The normalized spacial score (nSPS) is 12.6. The molecule has 0 aliphatic rings. The van der Waals surface area contributed by atoms with Crippen molar-refractivity contribution in [1.29, 1.82) is 0 Å². The molecule has 2 rings (SSSR count).